The molecule has 1 aromatic rings. The molecule has 1 amide bonds. The van der Waals surface area contributed by atoms with Crippen LogP contribution >= 0.6 is 0 Å². The molecule has 2 unspecified atom stereocenters. The molecule has 0 aliphatic carbocycles. The fourth-order valence-electron chi connectivity index (χ4n) is 2.97. The van der Waals surface area contributed by atoms with E-state index in [1.807, 2.05) is 11.8 Å². The summed E-state index contributed by atoms with van der Waals surface area (Å²) in [5.41, 5.74) is 5.90. The number of nitrogens with two attached hydrogens (primary N) is 1. The van der Waals surface area contributed by atoms with Gasteiger partial charge in [0.15, 0.2) is 0 Å². The molecule has 0 bridgehead atoms. The zero-order chi connectivity index (χ0) is 16.8. The normalized spacial score (nSPS) is 20.3. The lowest BCUT2D eigenvalue weighted by Crippen LogP contribution is -2.51. The molecular weight excluding hydrogens is 300 g/mol. The first kappa shape index (κ1) is 17.8. The zero-order valence-corrected chi connectivity index (χ0v) is 13.5. The van der Waals surface area contributed by atoms with Crippen molar-refractivity contribution in [2.75, 3.05) is 13.1 Å². The molecule has 0 spiro atoms. The second-order valence-electron chi connectivity index (χ2n) is 6.18. The molecule has 1 aromatic carbocycles. The second kappa shape index (κ2) is 8.36. The summed E-state index contributed by atoms with van der Waals surface area (Å²) >= 11 is 0. The van der Waals surface area contributed by atoms with E-state index >= 15 is 0 Å². The smallest absolute Gasteiger partial charge is 0.237 e. The van der Waals surface area contributed by atoms with E-state index in [1.165, 1.54) is 18.2 Å². The lowest BCUT2D eigenvalue weighted by atomic mass is 10.0. The summed E-state index contributed by atoms with van der Waals surface area (Å²) in [5.74, 6) is -1.20. The van der Waals surface area contributed by atoms with E-state index in [9.17, 15) is 13.6 Å². The minimum atomic E-state index is -0.527. The number of hydrogen-bond acceptors (Lipinski definition) is 3. The fourth-order valence-corrected chi connectivity index (χ4v) is 2.97. The van der Waals surface area contributed by atoms with Gasteiger partial charge in [0.2, 0.25) is 5.91 Å². The number of amides is 1. The number of nitrogens with one attached hydrogen (secondary N) is 1. The number of carbonyl (C=O) groups excluding carboxylic acids is 1. The minimum absolute atomic E-state index is 0.0195. The van der Waals surface area contributed by atoms with Crippen LogP contribution in [0.3, 0.4) is 0 Å². The SMILES string of the molecule is CCCC(N)C(=O)NC1CCCN(Cc2c(F)cccc2F)C1. The van der Waals surface area contributed by atoms with E-state index in [2.05, 4.69) is 5.32 Å². The predicted octanol–water partition coefficient (Wildman–Crippen LogP) is 2.17. The molecule has 0 saturated carbocycles. The van der Waals surface area contributed by atoms with Crippen molar-refractivity contribution < 1.29 is 13.6 Å². The quantitative estimate of drug-likeness (QED) is 0.843. The first-order valence-corrected chi connectivity index (χ1v) is 8.22. The maximum atomic E-state index is 13.8. The topological polar surface area (TPSA) is 58.4 Å². The summed E-state index contributed by atoms with van der Waals surface area (Å²) in [7, 11) is 0. The molecule has 1 heterocycles. The number of rotatable bonds is 6. The first-order valence-electron chi connectivity index (χ1n) is 8.22. The van der Waals surface area contributed by atoms with Gasteiger partial charge in [-0.05, 0) is 37.9 Å². The van der Waals surface area contributed by atoms with Gasteiger partial charge in [0.25, 0.3) is 0 Å². The van der Waals surface area contributed by atoms with Crippen LogP contribution in [0.5, 0.6) is 0 Å². The summed E-state index contributed by atoms with van der Waals surface area (Å²) in [4.78, 5) is 14.0. The van der Waals surface area contributed by atoms with Crippen molar-refractivity contribution in [2.45, 2.75) is 51.2 Å². The summed E-state index contributed by atoms with van der Waals surface area (Å²) in [6, 6.07) is 3.40. The van der Waals surface area contributed by atoms with Crippen LogP contribution in [0.1, 0.15) is 38.2 Å². The predicted molar refractivity (Wildman–Crippen MR) is 85.7 cm³/mol. The summed E-state index contributed by atoms with van der Waals surface area (Å²) in [5, 5.41) is 2.96. The molecule has 6 heteroatoms. The summed E-state index contributed by atoms with van der Waals surface area (Å²) in [6.07, 6.45) is 3.26. The Morgan fingerprint density at radius 3 is 2.78 bits per heavy atom. The molecule has 1 aliphatic rings. The molecule has 4 nitrogen and oxygen atoms in total. The Morgan fingerprint density at radius 2 is 2.13 bits per heavy atom. The highest BCUT2D eigenvalue weighted by Gasteiger charge is 2.24. The molecule has 3 N–H and O–H groups in total. The molecule has 23 heavy (non-hydrogen) atoms. The van der Waals surface area contributed by atoms with E-state index in [1.54, 1.807) is 0 Å². The average Bonchev–Trinajstić information content (AvgIpc) is 2.52. The van der Waals surface area contributed by atoms with Gasteiger partial charge in [-0.1, -0.05) is 19.4 Å². The molecule has 2 atom stereocenters. The van der Waals surface area contributed by atoms with E-state index < -0.39 is 17.7 Å². The Labute approximate surface area is 136 Å². The number of piperidine rings is 1. The van der Waals surface area contributed by atoms with Crippen molar-refractivity contribution in [2.24, 2.45) is 5.73 Å². The van der Waals surface area contributed by atoms with Crippen molar-refractivity contribution in [1.29, 1.82) is 0 Å². The molecule has 1 aliphatic heterocycles. The van der Waals surface area contributed by atoms with Crippen LogP contribution in [0, 0.1) is 11.6 Å². The minimum Gasteiger partial charge on any atom is -0.351 e. The zero-order valence-electron chi connectivity index (χ0n) is 13.5. The van der Waals surface area contributed by atoms with Gasteiger partial charge in [0, 0.05) is 24.7 Å². The van der Waals surface area contributed by atoms with Crippen molar-refractivity contribution in [3.05, 3.63) is 35.4 Å². The van der Waals surface area contributed by atoms with Crippen LogP contribution in [-0.2, 0) is 11.3 Å². The van der Waals surface area contributed by atoms with Gasteiger partial charge in [0.05, 0.1) is 6.04 Å². The van der Waals surface area contributed by atoms with Gasteiger partial charge >= 0.3 is 0 Å². The maximum absolute atomic E-state index is 13.8. The molecule has 2 rings (SSSR count). The highest BCUT2D eigenvalue weighted by atomic mass is 19.1. The number of hydrogen-bond donors (Lipinski definition) is 2. The number of likely N-dealkylation sites (tertiary alicyclic amines) is 1. The van der Waals surface area contributed by atoms with Crippen molar-refractivity contribution in [3.63, 3.8) is 0 Å². The van der Waals surface area contributed by atoms with Crippen LogP contribution in [-0.4, -0.2) is 36.0 Å². The summed E-state index contributed by atoms with van der Waals surface area (Å²) < 4.78 is 27.5. The molecular formula is C17H25F2N3O. The van der Waals surface area contributed by atoms with Crippen molar-refractivity contribution in [1.82, 2.24) is 10.2 Å². The van der Waals surface area contributed by atoms with Gasteiger partial charge in [0.1, 0.15) is 11.6 Å². The van der Waals surface area contributed by atoms with E-state index in [4.69, 9.17) is 5.73 Å². The third kappa shape index (κ3) is 4.97. The third-order valence-corrected chi connectivity index (χ3v) is 4.23. The van der Waals surface area contributed by atoms with Gasteiger partial charge in [-0.25, -0.2) is 8.78 Å². The highest BCUT2D eigenvalue weighted by molar-refractivity contribution is 5.81. The second-order valence-corrected chi connectivity index (χ2v) is 6.18. The summed E-state index contributed by atoms with van der Waals surface area (Å²) in [6.45, 7) is 3.55. The van der Waals surface area contributed by atoms with Crippen molar-refractivity contribution >= 4 is 5.91 Å². The Balaban J connectivity index is 1.92. The molecule has 128 valence electrons. The number of nitrogens with zero attached hydrogens (tertiary/aromatic N) is 1. The fraction of sp³-hybridized carbons (Fsp3) is 0.588. The van der Waals surface area contributed by atoms with E-state index in [0.717, 1.165) is 25.8 Å². The van der Waals surface area contributed by atoms with Crippen LogP contribution in [0.4, 0.5) is 8.78 Å². The van der Waals surface area contributed by atoms with Crippen molar-refractivity contribution in [3.8, 4) is 0 Å². The largest absolute Gasteiger partial charge is 0.351 e. The van der Waals surface area contributed by atoms with E-state index in [-0.39, 0.29) is 24.1 Å². The highest BCUT2D eigenvalue weighted by Crippen LogP contribution is 2.18. The average molecular weight is 325 g/mol. The maximum Gasteiger partial charge on any atom is 0.237 e. The Morgan fingerprint density at radius 1 is 1.43 bits per heavy atom. The monoisotopic (exact) mass is 325 g/mol. The van der Waals surface area contributed by atoms with Crippen LogP contribution in [0.15, 0.2) is 18.2 Å². The Hall–Kier alpha value is -1.53. The van der Waals surface area contributed by atoms with Crippen LogP contribution in [0.2, 0.25) is 0 Å². The van der Waals surface area contributed by atoms with E-state index in [0.29, 0.717) is 13.0 Å². The lowest BCUT2D eigenvalue weighted by Gasteiger charge is -2.33. The van der Waals surface area contributed by atoms with Gasteiger partial charge in [-0.2, -0.15) is 0 Å². The number of carbonyl (C=O) groups is 1. The van der Waals surface area contributed by atoms with Crippen LogP contribution in [0.25, 0.3) is 0 Å². The lowest BCUT2D eigenvalue weighted by molar-refractivity contribution is -0.123. The Bertz CT molecular complexity index is 518. The standard InChI is InChI=1S/C17H25F2N3O/c1-2-5-16(20)17(23)21-12-6-4-9-22(10-12)11-13-14(18)7-3-8-15(13)19/h3,7-8,12,16H,2,4-6,9-11,20H2,1H3,(H,21,23). The van der Waals surface area contributed by atoms with Gasteiger partial charge in [-0.3, -0.25) is 9.69 Å². The Kier molecular flexibility index (Phi) is 6.47. The van der Waals surface area contributed by atoms with Gasteiger partial charge in [-0.15, -0.1) is 0 Å². The molecule has 1 saturated heterocycles. The molecule has 0 aromatic heterocycles. The van der Waals surface area contributed by atoms with Gasteiger partial charge < -0.3 is 11.1 Å². The molecule has 1 fully saturated rings. The number of benzene rings is 1. The molecule has 0 radical (unpaired) electrons. The van der Waals surface area contributed by atoms with Crippen LogP contribution < -0.4 is 11.1 Å². The number of halogens is 2. The third-order valence-electron chi connectivity index (χ3n) is 4.23. The first-order chi connectivity index (χ1) is 11.0.